The lowest BCUT2D eigenvalue weighted by Crippen LogP contribution is -2.17. The number of aromatic nitrogens is 2. The van der Waals surface area contributed by atoms with E-state index in [1.807, 2.05) is 54.6 Å². The van der Waals surface area contributed by atoms with Gasteiger partial charge in [-0.2, -0.15) is 0 Å². The first kappa shape index (κ1) is 16.4. The van der Waals surface area contributed by atoms with Gasteiger partial charge < -0.3 is 5.32 Å². The summed E-state index contributed by atoms with van der Waals surface area (Å²) in [4.78, 5) is 9.24. The van der Waals surface area contributed by atoms with Crippen LogP contribution in [0.5, 0.6) is 0 Å². The number of rotatable bonds is 4. The highest BCUT2D eigenvalue weighted by Crippen LogP contribution is 2.26. The second kappa shape index (κ2) is 7.04. The highest BCUT2D eigenvalue weighted by Gasteiger charge is 2.18. The maximum atomic E-state index is 14.0. The molecule has 3 nitrogen and oxygen atoms in total. The number of anilines is 1. The molecule has 1 heterocycles. The van der Waals surface area contributed by atoms with Crippen LogP contribution in [0.2, 0.25) is 0 Å². The molecule has 1 aliphatic rings. The maximum Gasteiger partial charge on any atom is 0.162 e. The van der Waals surface area contributed by atoms with E-state index in [4.69, 9.17) is 0 Å². The molecule has 2 aromatic carbocycles. The second-order valence-electron chi connectivity index (χ2n) is 6.14. The third-order valence-corrected chi connectivity index (χ3v) is 4.34. The van der Waals surface area contributed by atoms with Crippen LogP contribution >= 0.6 is 0 Å². The number of nitrogens with zero attached hydrogens (tertiary/aromatic N) is 2. The summed E-state index contributed by atoms with van der Waals surface area (Å²) in [5, 5.41) is 4.01. The number of allylic oxidation sites excluding steroid dienone is 3. The molecule has 0 saturated carbocycles. The molecule has 1 aromatic heterocycles. The van der Waals surface area contributed by atoms with Crippen molar-refractivity contribution in [3.63, 3.8) is 0 Å². The minimum Gasteiger partial charge on any atom is -0.366 e. The zero-order chi connectivity index (χ0) is 17.9. The van der Waals surface area contributed by atoms with E-state index in [1.54, 1.807) is 0 Å². The lowest BCUT2D eigenvalue weighted by Gasteiger charge is -2.17. The summed E-state index contributed by atoms with van der Waals surface area (Å²) in [6.07, 6.45) is 1.41. The fourth-order valence-corrected chi connectivity index (χ4v) is 2.97. The monoisotopic (exact) mass is 349 g/mol. The van der Waals surface area contributed by atoms with E-state index in [-0.39, 0.29) is 13.0 Å². The van der Waals surface area contributed by atoms with Gasteiger partial charge in [0.15, 0.2) is 5.82 Å². The summed E-state index contributed by atoms with van der Waals surface area (Å²) in [6.45, 7) is 0.192. The normalized spacial score (nSPS) is 16.9. The maximum absolute atomic E-state index is 14.0. The van der Waals surface area contributed by atoms with Gasteiger partial charge in [-0.1, -0.05) is 42.5 Å². The Morgan fingerprint density at radius 3 is 2.62 bits per heavy atom. The Kier molecular flexibility index (Phi) is 4.44. The summed E-state index contributed by atoms with van der Waals surface area (Å²) in [5.74, 6) is 0.804. The van der Waals surface area contributed by atoms with Gasteiger partial charge in [-0.3, -0.25) is 0 Å². The van der Waals surface area contributed by atoms with Gasteiger partial charge in [-0.15, -0.1) is 0 Å². The zero-order valence-corrected chi connectivity index (χ0v) is 14.0. The molecular formula is C21H17F2N3. The molecule has 4 rings (SSSR count). The number of halogens is 2. The van der Waals surface area contributed by atoms with Crippen molar-refractivity contribution in [1.82, 2.24) is 9.97 Å². The van der Waals surface area contributed by atoms with Crippen LogP contribution < -0.4 is 5.32 Å². The summed E-state index contributed by atoms with van der Waals surface area (Å²) in [5.41, 5.74) is 2.08. The Hall–Kier alpha value is -3.08. The fraction of sp³-hybridized carbons (Fsp3) is 0.143. The van der Waals surface area contributed by atoms with E-state index < -0.39 is 12.0 Å². The fourth-order valence-electron chi connectivity index (χ4n) is 2.97. The lowest BCUT2D eigenvalue weighted by molar-refractivity contribution is 0.375. The molecule has 26 heavy (non-hydrogen) atoms. The van der Waals surface area contributed by atoms with E-state index in [1.165, 1.54) is 12.2 Å². The first-order valence-electron chi connectivity index (χ1n) is 8.47. The smallest absolute Gasteiger partial charge is 0.162 e. The Labute approximate surface area is 150 Å². The molecule has 1 N–H and O–H groups in total. The van der Waals surface area contributed by atoms with Crippen molar-refractivity contribution < 1.29 is 8.78 Å². The molecule has 1 aliphatic carbocycles. The zero-order valence-electron chi connectivity index (χ0n) is 14.0. The van der Waals surface area contributed by atoms with E-state index in [0.29, 0.717) is 17.2 Å². The summed E-state index contributed by atoms with van der Waals surface area (Å²) >= 11 is 0. The first-order valence-corrected chi connectivity index (χ1v) is 8.47. The van der Waals surface area contributed by atoms with Gasteiger partial charge in [0.25, 0.3) is 0 Å². The molecule has 0 amide bonds. The van der Waals surface area contributed by atoms with Crippen molar-refractivity contribution in [2.24, 2.45) is 0 Å². The molecule has 1 atom stereocenters. The quantitative estimate of drug-likeness (QED) is 0.701. The molecule has 3 aromatic rings. The minimum absolute atomic E-state index is 0.0686. The van der Waals surface area contributed by atoms with E-state index in [0.717, 1.165) is 16.5 Å². The van der Waals surface area contributed by atoms with Crippen LogP contribution in [0.3, 0.4) is 0 Å². The topological polar surface area (TPSA) is 37.8 Å². The highest BCUT2D eigenvalue weighted by atomic mass is 19.1. The molecule has 130 valence electrons. The van der Waals surface area contributed by atoms with Gasteiger partial charge in [-0.05, 0) is 29.9 Å². The molecule has 0 fully saturated rings. The Bertz CT molecular complexity index is 997. The third kappa shape index (κ3) is 3.33. The molecular weight excluding hydrogens is 332 g/mol. The van der Waals surface area contributed by atoms with E-state index in [9.17, 15) is 8.78 Å². The molecule has 0 aliphatic heterocycles. The predicted octanol–water partition coefficient (Wildman–Crippen LogP) is 5.23. The largest absolute Gasteiger partial charge is 0.366 e. The Balaban J connectivity index is 1.70. The van der Waals surface area contributed by atoms with Crippen LogP contribution in [0.25, 0.3) is 22.3 Å². The SMILES string of the molecule is FC1=CCC(F)C(CNc2nc(-c3ccccc3)nc3ccccc23)=C1. The van der Waals surface area contributed by atoms with Crippen LogP contribution in [0.1, 0.15) is 6.42 Å². The Morgan fingerprint density at radius 1 is 1.00 bits per heavy atom. The Morgan fingerprint density at radius 2 is 1.77 bits per heavy atom. The number of fused-ring (bicyclic) bond motifs is 1. The van der Waals surface area contributed by atoms with Crippen molar-refractivity contribution in [2.45, 2.75) is 12.6 Å². The number of nitrogens with one attached hydrogen (secondary N) is 1. The molecule has 1 unspecified atom stereocenters. The van der Waals surface area contributed by atoms with Crippen molar-refractivity contribution in [3.05, 3.63) is 78.1 Å². The summed E-state index contributed by atoms with van der Waals surface area (Å²) in [6, 6.07) is 17.3. The van der Waals surface area contributed by atoms with Gasteiger partial charge in [0.05, 0.1) is 5.52 Å². The van der Waals surface area contributed by atoms with Gasteiger partial charge in [0.2, 0.25) is 0 Å². The number of para-hydroxylation sites is 1. The molecule has 0 spiro atoms. The van der Waals surface area contributed by atoms with Crippen molar-refractivity contribution in [3.8, 4) is 11.4 Å². The third-order valence-electron chi connectivity index (χ3n) is 4.34. The van der Waals surface area contributed by atoms with Crippen LogP contribution in [0.4, 0.5) is 14.6 Å². The molecule has 5 heteroatoms. The van der Waals surface area contributed by atoms with Gasteiger partial charge in [0.1, 0.15) is 17.8 Å². The molecule has 0 radical (unpaired) electrons. The average molecular weight is 349 g/mol. The summed E-state index contributed by atoms with van der Waals surface area (Å²) < 4.78 is 27.5. The predicted molar refractivity (Wildman–Crippen MR) is 100 cm³/mol. The van der Waals surface area contributed by atoms with Crippen molar-refractivity contribution >= 4 is 16.7 Å². The number of hydrogen-bond donors (Lipinski definition) is 1. The van der Waals surface area contributed by atoms with Crippen molar-refractivity contribution in [2.75, 3.05) is 11.9 Å². The molecule has 0 bridgehead atoms. The minimum atomic E-state index is -1.18. The van der Waals surface area contributed by atoms with Gasteiger partial charge in [-0.25, -0.2) is 18.7 Å². The lowest BCUT2D eigenvalue weighted by atomic mass is 10.0. The van der Waals surface area contributed by atoms with Crippen LogP contribution in [-0.4, -0.2) is 22.7 Å². The number of alkyl halides is 1. The van der Waals surface area contributed by atoms with Crippen molar-refractivity contribution in [1.29, 1.82) is 0 Å². The van der Waals surface area contributed by atoms with Gasteiger partial charge in [0, 0.05) is 23.9 Å². The van der Waals surface area contributed by atoms with Crippen LogP contribution in [0, 0.1) is 0 Å². The van der Waals surface area contributed by atoms with E-state index >= 15 is 0 Å². The standard InChI is InChI=1S/C21H17F2N3/c22-16-10-11-18(23)15(12-16)13-24-21-17-8-4-5-9-19(17)25-20(26-21)14-6-2-1-3-7-14/h1-10,12,18H,11,13H2,(H,24,25,26). The van der Waals surface area contributed by atoms with Crippen LogP contribution in [-0.2, 0) is 0 Å². The van der Waals surface area contributed by atoms with Crippen LogP contribution in [0.15, 0.2) is 78.1 Å². The number of hydrogen-bond acceptors (Lipinski definition) is 3. The number of benzene rings is 2. The average Bonchev–Trinajstić information content (AvgIpc) is 2.69. The first-order chi connectivity index (χ1) is 12.7. The highest BCUT2D eigenvalue weighted by molar-refractivity contribution is 5.90. The van der Waals surface area contributed by atoms with Gasteiger partial charge >= 0.3 is 0 Å². The summed E-state index contributed by atoms with van der Waals surface area (Å²) in [7, 11) is 0. The van der Waals surface area contributed by atoms with E-state index in [2.05, 4.69) is 15.3 Å². The second-order valence-corrected chi connectivity index (χ2v) is 6.14. The molecule has 0 saturated heterocycles.